The van der Waals surface area contributed by atoms with Crippen LogP contribution in [0, 0.1) is 0 Å². The normalized spacial score (nSPS) is 17.8. The van der Waals surface area contributed by atoms with Gasteiger partial charge in [-0.3, -0.25) is 4.79 Å². The van der Waals surface area contributed by atoms with Gasteiger partial charge in [0.1, 0.15) is 0 Å². The first-order valence-electron chi connectivity index (χ1n) is 7.70. The highest BCUT2D eigenvalue weighted by Gasteiger charge is 2.30. The van der Waals surface area contributed by atoms with Gasteiger partial charge in [0.25, 0.3) is 0 Å². The van der Waals surface area contributed by atoms with E-state index in [4.69, 9.17) is 28.9 Å². The van der Waals surface area contributed by atoms with E-state index >= 15 is 0 Å². The Morgan fingerprint density at radius 1 is 1.21 bits per heavy atom. The fourth-order valence-electron chi connectivity index (χ4n) is 2.47. The van der Waals surface area contributed by atoms with E-state index in [1.54, 1.807) is 4.90 Å². The Balaban J connectivity index is 2.00. The molecule has 9 heteroatoms. The summed E-state index contributed by atoms with van der Waals surface area (Å²) in [4.78, 5) is 13.9. The first kappa shape index (κ1) is 19.5. The highest BCUT2D eigenvalue weighted by atomic mass is 35.5. The summed E-state index contributed by atoms with van der Waals surface area (Å²) in [6.45, 7) is 3.12. The Hall–Kier alpha value is -0.860. The average Bonchev–Trinajstić information content (AvgIpc) is 2.55. The number of sulfonamides is 1. The highest BCUT2D eigenvalue weighted by molar-refractivity contribution is 7.89. The maximum absolute atomic E-state index is 12.6. The minimum absolute atomic E-state index is 0.0129. The van der Waals surface area contributed by atoms with Crippen LogP contribution in [0.1, 0.15) is 19.8 Å². The van der Waals surface area contributed by atoms with Crippen molar-refractivity contribution in [3.8, 4) is 0 Å². The number of halogens is 2. The van der Waals surface area contributed by atoms with Crippen LogP contribution in [0.25, 0.3) is 0 Å². The van der Waals surface area contributed by atoms with Crippen LogP contribution < -0.4 is 5.73 Å². The van der Waals surface area contributed by atoms with Gasteiger partial charge in [0.15, 0.2) is 0 Å². The molecule has 0 radical (unpaired) electrons. The molecule has 1 aliphatic heterocycles. The Morgan fingerprint density at radius 2 is 1.83 bits per heavy atom. The molecule has 134 valence electrons. The molecule has 0 bridgehead atoms. The zero-order chi connectivity index (χ0) is 17.9. The summed E-state index contributed by atoms with van der Waals surface area (Å²) in [6, 6.07) is 4.22. The van der Waals surface area contributed by atoms with Gasteiger partial charge in [0, 0.05) is 38.6 Å². The fourth-order valence-corrected chi connectivity index (χ4v) is 4.29. The highest BCUT2D eigenvalue weighted by Crippen LogP contribution is 2.27. The third-order valence-corrected chi connectivity index (χ3v) is 6.57. The molecular formula is C15H21Cl2N3O3S. The second kappa shape index (κ2) is 8.01. The first-order chi connectivity index (χ1) is 11.2. The molecule has 1 aliphatic rings. The standard InChI is InChI=1S/C15H21Cl2N3O3S/c1-11(18)2-5-15(21)19-6-8-20(9-7-19)24(22,23)12-3-4-13(16)14(17)10-12/h3-4,10-11H,2,5-9,18H2,1H3. The van der Waals surface area contributed by atoms with Gasteiger partial charge in [-0.15, -0.1) is 0 Å². The predicted octanol–water partition coefficient (Wildman–Crippen LogP) is 1.95. The zero-order valence-corrected chi connectivity index (χ0v) is 15.7. The third kappa shape index (κ3) is 4.61. The summed E-state index contributed by atoms with van der Waals surface area (Å²) in [5, 5.41) is 0.502. The number of hydrogen-bond acceptors (Lipinski definition) is 4. The van der Waals surface area contributed by atoms with Crippen LogP contribution in [0.15, 0.2) is 23.1 Å². The number of benzene rings is 1. The molecule has 1 heterocycles. The van der Waals surface area contributed by atoms with Crippen molar-refractivity contribution in [3.63, 3.8) is 0 Å². The minimum atomic E-state index is -3.64. The molecule has 1 amide bonds. The minimum Gasteiger partial charge on any atom is -0.340 e. The van der Waals surface area contributed by atoms with Crippen LogP contribution in [-0.2, 0) is 14.8 Å². The van der Waals surface area contributed by atoms with Crippen LogP contribution in [0.4, 0.5) is 0 Å². The Morgan fingerprint density at radius 3 is 2.38 bits per heavy atom. The van der Waals surface area contributed by atoms with Gasteiger partial charge >= 0.3 is 0 Å². The smallest absolute Gasteiger partial charge is 0.243 e. The summed E-state index contributed by atoms with van der Waals surface area (Å²) in [6.07, 6.45) is 1.01. The van der Waals surface area contributed by atoms with Gasteiger partial charge in [-0.2, -0.15) is 4.31 Å². The number of carbonyl (C=O) groups is 1. The van der Waals surface area contributed by atoms with Crippen molar-refractivity contribution < 1.29 is 13.2 Å². The number of amides is 1. The fraction of sp³-hybridized carbons (Fsp3) is 0.533. The van der Waals surface area contributed by atoms with Gasteiger partial charge in [0.05, 0.1) is 14.9 Å². The van der Waals surface area contributed by atoms with E-state index in [9.17, 15) is 13.2 Å². The molecule has 1 saturated heterocycles. The molecule has 24 heavy (non-hydrogen) atoms. The van der Waals surface area contributed by atoms with E-state index in [0.717, 1.165) is 0 Å². The topological polar surface area (TPSA) is 83.7 Å². The molecule has 2 N–H and O–H groups in total. The largest absolute Gasteiger partial charge is 0.340 e. The number of carbonyl (C=O) groups excluding carboxylic acids is 1. The van der Waals surface area contributed by atoms with Crippen molar-refractivity contribution in [3.05, 3.63) is 28.2 Å². The number of hydrogen-bond donors (Lipinski definition) is 1. The van der Waals surface area contributed by atoms with Gasteiger partial charge < -0.3 is 10.6 Å². The van der Waals surface area contributed by atoms with Crippen LogP contribution >= 0.6 is 23.2 Å². The molecule has 0 aromatic heterocycles. The maximum Gasteiger partial charge on any atom is 0.243 e. The van der Waals surface area contributed by atoms with Crippen molar-refractivity contribution >= 4 is 39.1 Å². The molecule has 2 rings (SSSR count). The molecule has 0 spiro atoms. The second-order valence-electron chi connectivity index (χ2n) is 5.88. The lowest BCUT2D eigenvalue weighted by Gasteiger charge is -2.34. The van der Waals surface area contributed by atoms with Crippen LogP contribution in [-0.4, -0.2) is 55.8 Å². The molecule has 1 atom stereocenters. The number of piperazine rings is 1. The summed E-state index contributed by atoms with van der Waals surface area (Å²) in [5.74, 6) is 0.0129. The van der Waals surface area contributed by atoms with Gasteiger partial charge in [-0.25, -0.2) is 8.42 Å². The third-order valence-electron chi connectivity index (χ3n) is 3.93. The quantitative estimate of drug-likeness (QED) is 0.828. The molecule has 0 aliphatic carbocycles. The average molecular weight is 394 g/mol. The van der Waals surface area contributed by atoms with E-state index in [1.807, 2.05) is 6.92 Å². The Bertz CT molecular complexity index is 702. The van der Waals surface area contributed by atoms with Gasteiger partial charge in [0.2, 0.25) is 15.9 Å². The number of nitrogens with zero attached hydrogens (tertiary/aromatic N) is 2. The lowest BCUT2D eigenvalue weighted by Crippen LogP contribution is -2.50. The van der Waals surface area contributed by atoms with Crippen LogP contribution in [0.2, 0.25) is 10.0 Å². The predicted molar refractivity (Wildman–Crippen MR) is 94.7 cm³/mol. The molecule has 1 unspecified atom stereocenters. The first-order valence-corrected chi connectivity index (χ1v) is 9.90. The zero-order valence-electron chi connectivity index (χ0n) is 13.4. The van der Waals surface area contributed by atoms with Crippen LogP contribution in [0.5, 0.6) is 0 Å². The Kier molecular flexibility index (Phi) is 6.50. The summed E-state index contributed by atoms with van der Waals surface area (Å²) in [7, 11) is -3.64. The SMILES string of the molecule is CC(N)CCC(=O)N1CCN(S(=O)(=O)c2ccc(Cl)c(Cl)c2)CC1. The molecule has 1 aromatic rings. The summed E-state index contributed by atoms with van der Waals surface area (Å²) >= 11 is 11.7. The lowest BCUT2D eigenvalue weighted by atomic mass is 10.2. The monoisotopic (exact) mass is 393 g/mol. The second-order valence-corrected chi connectivity index (χ2v) is 8.63. The number of nitrogens with two attached hydrogens (primary N) is 1. The molecule has 6 nitrogen and oxygen atoms in total. The van der Waals surface area contributed by atoms with Crippen molar-refractivity contribution in [2.45, 2.75) is 30.7 Å². The van der Waals surface area contributed by atoms with E-state index in [0.29, 0.717) is 31.0 Å². The van der Waals surface area contributed by atoms with E-state index in [2.05, 4.69) is 0 Å². The van der Waals surface area contributed by atoms with E-state index in [-0.39, 0.29) is 35.0 Å². The van der Waals surface area contributed by atoms with Crippen molar-refractivity contribution in [1.29, 1.82) is 0 Å². The van der Waals surface area contributed by atoms with Crippen molar-refractivity contribution in [2.24, 2.45) is 5.73 Å². The summed E-state index contributed by atoms with van der Waals surface area (Å²) < 4.78 is 26.7. The summed E-state index contributed by atoms with van der Waals surface area (Å²) in [5.41, 5.74) is 5.66. The molecular weight excluding hydrogens is 373 g/mol. The molecule has 1 aromatic carbocycles. The van der Waals surface area contributed by atoms with Crippen LogP contribution in [0.3, 0.4) is 0 Å². The molecule has 1 fully saturated rings. The number of rotatable bonds is 5. The van der Waals surface area contributed by atoms with Crippen molar-refractivity contribution in [2.75, 3.05) is 26.2 Å². The molecule has 0 saturated carbocycles. The van der Waals surface area contributed by atoms with Gasteiger partial charge in [-0.05, 0) is 31.5 Å². The van der Waals surface area contributed by atoms with Gasteiger partial charge in [-0.1, -0.05) is 23.2 Å². The maximum atomic E-state index is 12.6. The lowest BCUT2D eigenvalue weighted by molar-refractivity contribution is -0.132. The van der Waals surface area contributed by atoms with Crippen molar-refractivity contribution in [1.82, 2.24) is 9.21 Å². The Labute approximate surface area is 152 Å². The van der Waals surface area contributed by atoms with E-state index in [1.165, 1.54) is 22.5 Å². The van der Waals surface area contributed by atoms with E-state index < -0.39 is 10.0 Å².